The molecule has 0 aliphatic heterocycles. The minimum Gasteiger partial charge on any atom is -0.463 e. The fraction of sp³-hybridized carbons (Fsp3) is 0.900. The Kier molecular flexibility index (Phi) is 7.69. The van der Waals surface area contributed by atoms with E-state index < -0.39 is 6.10 Å². The Bertz CT molecular complexity index is 134. The first-order valence-corrected chi connectivity index (χ1v) is 5.04. The summed E-state index contributed by atoms with van der Waals surface area (Å²) in [7, 11) is 0. The van der Waals surface area contributed by atoms with E-state index in [2.05, 4.69) is 6.92 Å². The molecule has 0 aromatic rings. The molecule has 0 bridgehead atoms. The molecule has 0 radical (unpaired) electrons. The third kappa shape index (κ3) is 7.78. The molecule has 0 rings (SSSR count). The molecule has 0 aromatic carbocycles. The maximum absolute atomic E-state index is 11.0. The normalized spacial score (nSPS) is 12.5. The van der Waals surface area contributed by atoms with E-state index in [1.165, 1.54) is 0 Å². The van der Waals surface area contributed by atoms with Crippen molar-refractivity contribution < 1.29 is 14.6 Å². The predicted octanol–water partition coefficient (Wildman–Crippen LogP) is 1.88. The maximum atomic E-state index is 11.0. The Balaban J connectivity index is 3.30. The molecule has 1 N–H and O–H groups in total. The molecule has 0 saturated carbocycles. The molecule has 0 saturated heterocycles. The van der Waals surface area contributed by atoms with Crippen molar-refractivity contribution in [1.82, 2.24) is 0 Å². The van der Waals surface area contributed by atoms with Gasteiger partial charge in [0.15, 0.2) is 0 Å². The SMILES string of the molecule is CCCCCC(=O)OCC(O)CC. The van der Waals surface area contributed by atoms with E-state index in [0.29, 0.717) is 12.8 Å². The van der Waals surface area contributed by atoms with Crippen molar-refractivity contribution in [3.63, 3.8) is 0 Å². The van der Waals surface area contributed by atoms with Crippen molar-refractivity contribution in [2.24, 2.45) is 0 Å². The van der Waals surface area contributed by atoms with Gasteiger partial charge in [-0.2, -0.15) is 0 Å². The maximum Gasteiger partial charge on any atom is 0.305 e. The molecule has 3 nitrogen and oxygen atoms in total. The van der Waals surface area contributed by atoms with Crippen molar-refractivity contribution in [3.8, 4) is 0 Å². The van der Waals surface area contributed by atoms with Crippen LogP contribution in [-0.4, -0.2) is 23.8 Å². The predicted molar refractivity (Wildman–Crippen MR) is 51.4 cm³/mol. The van der Waals surface area contributed by atoms with Crippen LogP contribution in [0.25, 0.3) is 0 Å². The molecule has 0 fully saturated rings. The van der Waals surface area contributed by atoms with E-state index in [9.17, 15) is 4.79 Å². The van der Waals surface area contributed by atoms with Crippen LogP contribution in [-0.2, 0) is 9.53 Å². The van der Waals surface area contributed by atoms with E-state index in [4.69, 9.17) is 9.84 Å². The Morgan fingerprint density at radius 3 is 2.62 bits per heavy atom. The van der Waals surface area contributed by atoms with Gasteiger partial charge in [0.1, 0.15) is 6.61 Å². The van der Waals surface area contributed by atoms with Gasteiger partial charge >= 0.3 is 5.97 Å². The quantitative estimate of drug-likeness (QED) is 0.490. The molecule has 78 valence electrons. The minimum atomic E-state index is -0.505. The lowest BCUT2D eigenvalue weighted by molar-refractivity contribution is -0.146. The van der Waals surface area contributed by atoms with Gasteiger partial charge in [-0.15, -0.1) is 0 Å². The monoisotopic (exact) mass is 188 g/mol. The van der Waals surface area contributed by atoms with Gasteiger partial charge < -0.3 is 9.84 Å². The van der Waals surface area contributed by atoms with Crippen LogP contribution < -0.4 is 0 Å². The van der Waals surface area contributed by atoms with E-state index >= 15 is 0 Å². The lowest BCUT2D eigenvalue weighted by Gasteiger charge is -2.08. The fourth-order valence-electron chi connectivity index (χ4n) is 0.898. The van der Waals surface area contributed by atoms with Gasteiger partial charge in [0.2, 0.25) is 0 Å². The summed E-state index contributed by atoms with van der Waals surface area (Å²) in [5, 5.41) is 9.10. The molecule has 1 atom stereocenters. The minimum absolute atomic E-state index is 0.140. The third-order valence-electron chi connectivity index (χ3n) is 1.89. The highest BCUT2D eigenvalue weighted by atomic mass is 16.5. The second-order valence-electron chi connectivity index (χ2n) is 3.20. The molecule has 0 spiro atoms. The van der Waals surface area contributed by atoms with Crippen molar-refractivity contribution in [2.75, 3.05) is 6.61 Å². The number of hydrogen-bond acceptors (Lipinski definition) is 3. The van der Waals surface area contributed by atoms with Gasteiger partial charge in [0, 0.05) is 6.42 Å². The highest BCUT2D eigenvalue weighted by molar-refractivity contribution is 5.69. The summed E-state index contributed by atoms with van der Waals surface area (Å²) in [5.74, 6) is -0.194. The number of ether oxygens (including phenoxy) is 1. The van der Waals surface area contributed by atoms with Gasteiger partial charge in [-0.1, -0.05) is 26.7 Å². The second kappa shape index (κ2) is 8.05. The van der Waals surface area contributed by atoms with Crippen LogP contribution in [0.5, 0.6) is 0 Å². The van der Waals surface area contributed by atoms with Gasteiger partial charge in [0.05, 0.1) is 6.10 Å². The summed E-state index contributed by atoms with van der Waals surface area (Å²) < 4.78 is 4.85. The largest absolute Gasteiger partial charge is 0.463 e. The van der Waals surface area contributed by atoms with Crippen LogP contribution in [0.2, 0.25) is 0 Å². The summed E-state index contributed by atoms with van der Waals surface area (Å²) >= 11 is 0. The number of esters is 1. The molecule has 0 aliphatic rings. The third-order valence-corrected chi connectivity index (χ3v) is 1.89. The average molecular weight is 188 g/mol. The van der Waals surface area contributed by atoms with E-state index in [1.807, 2.05) is 6.92 Å². The average Bonchev–Trinajstić information content (AvgIpc) is 2.14. The van der Waals surface area contributed by atoms with Crippen LogP contribution in [0.3, 0.4) is 0 Å². The molecule has 0 amide bonds. The molecular weight excluding hydrogens is 168 g/mol. The van der Waals surface area contributed by atoms with Crippen LogP contribution >= 0.6 is 0 Å². The Morgan fingerprint density at radius 1 is 1.38 bits per heavy atom. The summed E-state index contributed by atoms with van der Waals surface area (Å²) in [6.45, 7) is 4.09. The zero-order valence-corrected chi connectivity index (χ0v) is 8.58. The van der Waals surface area contributed by atoms with Crippen molar-refractivity contribution in [1.29, 1.82) is 0 Å². The first-order valence-electron chi connectivity index (χ1n) is 5.04. The molecule has 3 heteroatoms. The number of aliphatic hydroxyl groups is 1. The number of hydrogen-bond donors (Lipinski definition) is 1. The molecule has 13 heavy (non-hydrogen) atoms. The van der Waals surface area contributed by atoms with Crippen molar-refractivity contribution in [2.45, 2.75) is 52.1 Å². The van der Waals surface area contributed by atoms with Crippen LogP contribution in [0.1, 0.15) is 46.0 Å². The van der Waals surface area contributed by atoms with E-state index in [1.54, 1.807) is 0 Å². The number of unbranched alkanes of at least 4 members (excludes halogenated alkanes) is 2. The molecule has 0 aliphatic carbocycles. The Morgan fingerprint density at radius 2 is 2.08 bits per heavy atom. The topological polar surface area (TPSA) is 46.5 Å². The zero-order valence-electron chi connectivity index (χ0n) is 8.58. The number of aliphatic hydroxyl groups excluding tert-OH is 1. The Hall–Kier alpha value is -0.570. The van der Waals surface area contributed by atoms with Gasteiger partial charge in [0.25, 0.3) is 0 Å². The number of rotatable bonds is 7. The fourth-order valence-corrected chi connectivity index (χ4v) is 0.898. The highest BCUT2D eigenvalue weighted by Crippen LogP contribution is 2.01. The lowest BCUT2D eigenvalue weighted by Crippen LogP contribution is -2.17. The van der Waals surface area contributed by atoms with Crippen molar-refractivity contribution in [3.05, 3.63) is 0 Å². The zero-order chi connectivity index (χ0) is 10.1. The van der Waals surface area contributed by atoms with E-state index in [-0.39, 0.29) is 12.6 Å². The van der Waals surface area contributed by atoms with Gasteiger partial charge in [-0.05, 0) is 12.8 Å². The van der Waals surface area contributed by atoms with Crippen LogP contribution in [0, 0.1) is 0 Å². The van der Waals surface area contributed by atoms with Crippen molar-refractivity contribution >= 4 is 5.97 Å². The number of carbonyl (C=O) groups is 1. The van der Waals surface area contributed by atoms with Gasteiger partial charge in [-0.25, -0.2) is 0 Å². The smallest absolute Gasteiger partial charge is 0.305 e. The van der Waals surface area contributed by atoms with Crippen LogP contribution in [0.4, 0.5) is 0 Å². The number of carbonyl (C=O) groups excluding carboxylic acids is 1. The van der Waals surface area contributed by atoms with Gasteiger partial charge in [-0.3, -0.25) is 4.79 Å². The highest BCUT2D eigenvalue weighted by Gasteiger charge is 2.05. The molecule has 0 heterocycles. The van der Waals surface area contributed by atoms with Crippen LogP contribution in [0.15, 0.2) is 0 Å². The molecular formula is C10H20O3. The first-order chi connectivity index (χ1) is 6.20. The molecule has 0 aromatic heterocycles. The Labute approximate surface area is 80.1 Å². The first kappa shape index (κ1) is 12.4. The standard InChI is InChI=1S/C10H20O3/c1-3-5-6-7-10(12)13-8-9(11)4-2/h9,11H,3-8H2,1-2H3. The summed E-state index contributed by atoms with van der Waals surface area (Å²) in [6.07, 6.45) is 3.65. The molecule has 1 unspecified atom stereocenters. The second-order valence-corrected chi connectivity index (χ2v) is 3.20. The van der Waals surface area contributed by atoms with E-state index in [0.717, 1.165) is 19.3 Å². The lowest BCUT2D eigenvalue weighted by atomic mass is 10.2. The summed E-state index contributed by atoms with van der Waals surface area (Å²) in [4.78, 5) is 11.0. The summed E-state index contributed by atoms with van der Waals surface area (Å²) in [6, 6.07) is 0. The summed E-state index contributed by atoms with van der Waals surface area (Å²) in [5.41, 5.74) is 0.